The molecule has 21 heavy (non-hydrogen) atoms. The number of morpholine rings is 1. The summed E-state index contributed by atoms with van der Waals surface area (Å²) in [5.74, 6) is 0. The van der Waals surface area contributed by atoms with Gasteiger partial charge in [-0.3, -0.25) is 4.90 Å². The van der Waals surface area contributed by atoms with Crippen molar-refractivity contribution in [2.75, 3.05) is 39.4 Å². The number of nitrogens with zero attached hydrogens (tertiary/aromatic N) is 1. The molecule has 0 unspecified atom stereocenters. The average Bonchev–Trinajstić information content (AvgIpc) is 2.77. The van der Waals surface area contributed by atoms with Crippen molar-refractivity contribution in [1.29, 1.82) is 0 Å². The third-order valence-corrected chi connectivity index (χ3v) is 5.77. The second kappa shape index (κ2) is 8.28. The summed E-state index contributed by atoms with van der Waals surface area (Å²) in [4.78, 5) is 5.71. The number of rotatable bonds is 6. The van der Waals surface area contributed by atoms with Crippen LogP contribution in [0.4, 0.5) is 0 Å². The molecule has 0 amide bonds. The second-order valence-electron chi connectivity index (χ2n) is 6.21. The number of hydrogen-bond donors (Lipinski definition) is 1. The maximum atomic E-state index is 5.38. The molecular weight excluding hydrogens is 280 g/mol. The van der Waals surface area contributed by atoms with E-state index in [0.29, 0.717) is 0 Å². The van der Waals surface area contributed by atoms with Crippen LogP contribution < -0.4 is 5.32 Å². The van der Waals surface area contributed by atoms with Gasteiger partial charge in [-0.25, -0.2) is 0 Å². The van der Waals surface area contributed by atoms with Crippen LogP contribution in [0.2, 0.25) is 0 Å². The van der Waals surface area contributed by atoms with Gasteiger partial charge in [-0.05, 0) is 56.8 Å². The first kappa shape index (κ1) is 15.5. The lowest BCUT2D eigenvalue weighted by Gasteiger charge is -2.26. The van der Waals surface area contributed by atoms with Crippen molar-refractivity contribution in [3.63, 3.8) is 0 Å². The van der Waals surface area contributed by atoms with Gasteiger partial charge in [-0.2, -0.15) is 0 Å². The molecule has 0 atom stereocenters. The van der Waals surface area contributed by atoms with Crippen molar-refractivity contribution in [2.45, 2.75) is 45.1 Å². The predicted molar refractivity (Wildman–Crippen MR) is 89.2 cm³/mol. The van der Waals surface area contributed by atoms with Crippen LogP contribution in [0.25, 0.3) is 0 Å². The van der Waals surface area contributed by atoms with Gasteiger partial charge in [-0.1, -0.05) is 6.42 Å². The molecule has 0 radical (unpaired) electrons. The fourth-order valence-electron chi connectivity index (χ4n) is 3.28. The molecule has 1 N–H and O–H groups in total. The molecule has 0 saturated carbocycles. The fraction of sp³-hybridized carbons (Fsp3) is 0.765. The van der Waals surface area contributed by atoms with E-state index in [1.54, 1.807) is 10.4 Å². The van der Waals surface area contributed by atoms with Gasteiger partial charge in [0, 0.05) is 29.4 Å². The molecule has 3 rings (SSSR count). The minimum atomic E-state index is 0.911. The fourth-order valence-corrected chi connectivity index (χ4v) is 4.51. The zero-order valence-corrected chi connectivity index (χ0v) is 13.8. The Labute approximate surface area is 132 Å². The van der Waals surface area contributed by atoms with Gasteiger partial charge in [0.25, 0.3) is 0 Å². The molecule has 2 aliphatic rings. The highest BCUT2D eigenvalue weighted by molar-refractivity contribution is 7.12. The van der Waals surface area contributed by atoms with E-state index < -0.39 is 0 Å². The number of aryl methyl sites for hydroxylation is 2. The van der Waals surface area contributed by atoms with E-state index in [0.717, 1.165) is 39.4 Å². The lowest BCUT2D eigenvalue weighted by Crippen LogP contribution is -2.37. The van der Waals surface area contributed by atoms with Crippen LogP contribution >= 0.6 is 11.3 Å². The summed E-state index contributed by atoms with van der Waals surface area (Å²) in [7, 11) is 0. The molecule has 3 nitrogen and oxygen atoms in total. The molecule has 4 heteroatoms. The molecule has 2 heterocycles. The minimum absolute atomic E-state index is 0.911. The van der Waals surface area contributed by atoms with Crippen LogP contribution in [0.1, 0.15) is 41.0 Å². The van der Waals surface area contributed by atoms with Crippen LogP contribution in [0.5, 0.6) is 0 Å². The summed E-state index contributed by atoms with van der Waals surface area (Å²) in [6.45, 7) is 7.43. The third kappa shape index (κ3) is 4.78. The topological polar surface area (TPSA) is 24.5 Å². The van der Waals surface area contributed by atoms with E-state index in [-0.39, 0.29) is 0 Å². The molecule has 0 aromatic carbocycles. The normalized spacial score (nSPS) is 20.2. The highest BCUT2D eigenvalue weighted by Crippen LogP contribution is 2.28. The van der Waals surface area contributed by atoms with E-state index in [1.165, 1.54) is 49.9 Å². The third-order valence-electron chi connectivity index (χ3n) is 4.53. The number of nitrogens with one attached hydrogen (secondary N) is 1. The smallest absolute Gasteiger partial charge is 0.0594 e. The molecule has 0 spiro atoms. The van der Waals surface area contributed by atoms with Crippen LogP contribution in [-0.2, 0) is 24.1 Å². The molecular formula is C17H28N2OS. The van der Waals surface area contributed by atoms with Crippen LogP contribution in [0, 0.1) is 0 Å². The van der Waals surface area contributed by atoms with E-state index >= 15 is 0 Å². The van der Waals surface area contributed by atoms with E-state index in [1.807, 2.05) is 11.3 Å². The summed E-state index contributed by atoms with van der Waals surface area (Å²) >= 11 is 2.05. The second-order valence-corrected chi connectivity index (χ2v) is 7.43. The summed E-state index contributed by atoms with van der Waals surface area (Å²) in [5, 5.41) is 3.62. The first-order chi connectivity index (χ1) is 10.4. The van der Waals surface area contributed by atoms with Crippen LogP contribution in [0.15, 0.2) is 6.07 Å². The maximum absolute atomic E-state index is 5.38. The number of ether oxygens (including phenoxy) is 1. The Hall–Kier alpha value is -0.420. The lowest BCUT2D eigenvalue weighted by atomic mass is 10.1. The van der Waals surface area contributed by atoms with Gasteiger partial charge in [0.2, 0.25) is 0 Å². The summed E-state index contributed by atoms with van der Waals surface area (Å²) in [5.41, 5.74) is 1.64. The first-order valence-electron chi connectivity index (χ1n) is 8.53. The van der Waals surface area contributed by atoms with Crippen molar-refractivity contribution >= 4 is 11.3 Å². The monoisotopic (exact) mass is 308 g/mol. The first-order valence-corrected chi connectivity index (χ1v) is 9.35. The maximum Gasteiger partial charge on any atom is 0.0594 e. The van der Waals surface area contributed by atoms with E-state index in [9.17, 15) is 0 Å². The van der Waals surface area contributed by atoms with Crippen molar-refractivity contribution < 1.29 is 4.74 Å². The molecule has 1 fully saturated rings. The Bertz CT molecular complexity index is 403. The van der Waals surface area contributed by atoms with Gasteiger partial charge in [0.15, 0.2) is 0 Å². The Kier molecular flexibility index (Phi) is 6.10. The highest BCUT2D eigenvalue weighted by Gasteiger charge is 2.12. The standard InChI is InChI=1S/C17H28N2OS/c1-2-5-15-13-16(21-17(15)6-3-1)14-18-7-4-8-19-9-11-20-12-10-19/h13,18H,1-12,14H2. The number of fused-ring (bicyclic) bond motifs is 1. The molecule has 1 aromatic heterocycles. The van der Waals surface area contributed by atoms with Gasteiger partial charge >= 0.3 is 0 Å². The zero-order valence-electron chi connectivity index (χ0n) is 13.0. The predicted octanol–water partition coefficient (Wildman–Crippen LogP) is 2.83. The summed E-state index contributed by atoms with van der Waals surface area (Å²) in [6.07, 6.45) is 8.05. The van der Waals surface area contributed by atoms with Gasteiger partial charge in [0.05, 0.1) is 13.2 Å². The van der Waals surface area contributed by atoms with Crippen molar-refractivity contribution in [3.05, 3.63) is 21.4 Å². The molecule has 1 saturated heterocycles. The average molecular weight is 308 g/mol. The number of thiophene rings is 1. The van der Waals surface area contributed by atoms with Gasteiger partial charge in [0.1, 0.15) is 0 Å². The largest absolute Gasteiger partial charge is 0.379 e. The molecule has 1 aromatic rings. The van der Waals surface area contributed by atoms with Gasteiger partial charge < -0.3 is 10.1 Å². The van der Waals surface area contributed by atoms with Gasteiger partial charge in [-0.15, -0.1) is 11.3 Å². The molecule has 1 aliphatic heterocycles. The van der Waals surface area contributed by atoms with Crippen molar-refractivity contribution in [1.82, 2.24) is 10.2 Å². The lowest BCUT2D eigenvalue weighted by molar-refractivity contribution is 0.0374. The molecule has 0 bridgehead atoms. The van der Waals surface area contributed by atoms with E-state index in [4.69, 9.17) is 4.74 Å². The Morgan fingerprint density at radius 1 is 1.14 bits per heavy atom. The van der Waals surface area contributed by atoms with Crippen molar-refractivity contribution in [3.8, 4) is 0 Å². The minimum Gasteiger partial charge on any atom is -0.379 e. The summed E-state index contributed by atoms with van der Waals surface area (Å²) < 4.78 is 5.38. The van der Waals surface area contributed by atoms with Crippen molar-refractivity contribution in [2.24, 2.45) is 0 Å². The Morgan fingerprint density at radius 2 is 2.00 bits per heavy atom. The quantitative estimate of drug-likeness (QED) is 0.646. The van der Waals surface area contributed by atoms with E-state index in [2.05, 4.69) is 16.3 Å². The van der Waals surface area contributed by atoms with Crippen LogP contribution in [0.3, 0.4) is 0 Å². The SMILES string of the molecule is c1c(CNCCCN2CCOCC2)sc2c1CCCCC2. The Morgan fingerprint density at radius 3 is 2.90 bits per heavy atom. The summed E-state index contributed by atoms with van der Waals surface area (Å²) in [6, 6.07) is 2.46. The molecule has 118 valence electrons. The highest BCUT2D eigenvalue weighted by atomic mass is 32.1. The Balaban J connectivity index is 1.33. The number of hydrogen-bond acceptors (Lipinski definition) is 4. The van der Waals surface area contributed by atoms with Crippen LogP contribution in [-0.4, -0.2) is 44.3 Å². The molecule has 1 aliphatic carbocycles. The zero-order chi connectivity index (χ0) is 14.3.